The minimum Gasteiger partial charge on any atom is -0.264 e. The number of hydrogen-bond donors (Lipinski definition) is 1. The SMILES string of the molecule is O=[N+]([O-])c1ccc(C2CCSNC2)c(F)c1. The smallest absolute Gasteiger partial charge is 0.264 e. The molecule has 6 heteroatoms. The molecular weight excluding hydrogens is 231 g/mol. The molecular formula is C10H11FN2O2S. The first-order valence-electron chi connectivity index (χ1n) is 4.97. The quantitative estimate of drug-likeness (QED) is 0.491. The zero-order valence-corrected chi connectivity index (χ0v) is 9.30. The Hall–Kier alpha value is -1.14. The van der Waals surface area contributed by atoms with Crippen LogP contribution in [0.5, 0.6) is 0 Å². The molecule has 1 unspecified atom stereocenters. The maximum Gasteiger partial charge on any atom is 0.272 e. The number of halogens is 1. The molecule has 1 aliphatic rings. The van der Waals surface area contributed by atoms with Gasteiger partial charge in [-0.3, -0.25) is 14.8 Å². The lowest BCUT2D eigenvalue weighted by atomic mass is 9.95. The monoisotopic (exact) mass is 242 g/mol. The average Bonchev–Trinajstić information content (AvgIpc) is 2.30. The molecule has 0 aromatic heterocycles. The first-order valence-corrected chi connectivity index (χ1v) is 5.95. The molecule has 1 aliphatic heterocycles. The van der Waals surface area contributed by atoms with Gasteiger partial charge in [0, 0.05) is 24.3 Å². The second-order valence-electron chi connectivity index (χ2n) is 3.65. The Balaban J connectivity index is 2.24. The van der Waals surface area contributed by atoms with Gasteiger partial charge in [-0.2, -0.15) is 0 Å². The molecule has 0 radical (unpaired) electrons. The van der Waals surface area contributed by atoms with E-state index in [9.17, 15) is 14.5 Å². The minimum absolute atomic E-state index is 0.113. The molecule has 0 bridgehead atoms. The van der Waals surface area contributed by atoms with Crippen LogP contribution in [0.15, 0.2) is 18.2 Å². The van der Waals surface area contributed by atoms with Crippen LogP contribution in [0.1, 0.15) is 17.9 Å². The highest BCUT2D eigenvalue weighted by atomic mass is 32.2. The number of rotatable bonds is 2. The van der Waals surface area contributed by atoms with Crippen LogP contribution in [0.2, 0.25) is 0 Å². The van der Waals surface area contributed by atoms with Gasteiger partial charge in [0.25, 0.3) is 5.69 Å². The molecule has 1 atom stereocenters. The van der Waals surface area contributed by atoms with E-state index < -0.39 is 10.7 Å². The van der Waals surface area contributed by atoms with Gasteiger partial charge in [-0.15, -0.1) is 0 Å². The van der Waals surface area contributed by atoms with Crippen molar-refractivity contribution in [1.82, 2.24) is 4.72 Å². The van der Waals surface area contributed by atoms with E-state index in [1.165, 1.54) is 12.1 Å². The van der Waals surface area contributed by atoms with Crippen molar-refractivity contribution in [2.24, 2.45) is 0 Å². The summed E-state index contributed by atoms with van der Waals surface area (Å²) >= 11 is 1.63. The predicted molar refractivity (Wildman–Crippen MR) is 60.9 cm³/mol. The normalized spacial score (nSPS) is 20.7. The van der Waals surface area contributed by atoms with Gasteiger partial charge in [0.05, 0.1) is 11.0 Å². The molecule has 0 spiro atoms. The van der Waals surface area contributed by atoms with Gasteiger partial charge >= 0.3 is 0 Å². The van der Waals surface area contributed by atoms with Crippen LogP contribution in [-0.2, 0) is 0 Å². The fourth-order valence-electron chi connectivity index (χ4n) is 1.76. The third-order valence-electron chi connectivity index (χ3n) is 2.63. The van der Waals surface area contributed by atoms with Crippen molar-refractivity contribution in [3.63, 3.8) is 0 Å². The van der Waals surface area contributed by atoms with E-state index in [2.05, 4.69) is 4.72 Å². The first-order chi connectivity index (χ1) is 7.68. The highest BCUT2D eigenvalue weighted by Gasteiger charge is 2.20. The Morgan fingerprint density at radius 2 is 2.38 bits per heavy atom. The summed E-state index contributed by atoms with van der Waals surface area (Å²) in [5, 5.41) is 10.5. The van der Waals surface area contributed by atoms with Crippen LogP contribution >= 0.6 is 11.9 Å². The molecule has 1 heterocycles. The van der Waals surface area contributed by atoms with E-state index in [0.717, 1.165) is 18.2 Å². The number of non-ortho nitro benzene ring substituents is 1. The largest absolute Gasteiger partial charge is 0.272 e. The molecule has 1 aromatic carbocycles. The number of nitro benzene ring substituents is 1. The van der Waals surface area contributed by atoms with Crippen molar-refractivity contribution in [2.45, 2.75) is 12.3 Å². The second-order valence-corrected chi connectivity index (χ2v) is 4.63. The Morgan fingerprint density at radius 1 is 1.56 bits per heavy atom. The van der Waals surface area contributed by atoms with Crippen molar-refractivity contribution in [2.75, 3.05) is 12.3 Å². The molecule has 0 amide bonds. The summed E-state index contributed by atoms with van der Waals surface area (Å²) in [6.45, 7) is 0.708. The zero-order chi connectivity index (χ0) is 11.5. The zero-order valence-electron chi connectivity index (χ0n) is 8.48. The fraction of sp³-hybridized carbons (Fsp3) is 0.400. The summed E-state index contributed by atoms with van der Waals surface area (Å²) in [6.07, 6.45) is 0.895. The van der Waals surface area contributed by atoms with Crippen molar-refractivity contribution >= 4 is 17.6 Å². The van der Waals surface area contributed by atoms with Gasteiger partial charge in [-0.25, -0.2) is 4.39 Å². The Morgan fingerprint density at radius 3 is 2.94 bits per heavy atom. The van der Waals surface area contributed by atoms with Gasteiger partial charge in [-0.05, 0) is 18.1 Å². The van der Waals surface area contributed by atoms with Crippen LogP contribution in [0.4, 0.5) is 10.1 Å². The molecule has 1 saturated heterocycles. The molecule has 1 N–H and O–H groups in total. The number of benzene rings is 1. The summed E-state index contributed by atoms with van der Waals surface area (Å²) in [4.78, 5) is 9.88. The third-order valence-corrected chi connectivity index (χ3v) is 3.45. The van der Waals surface area contributed by atoms with E-state index in [1.807, 2.05) is 0 Å². The molecule has 0 aliphatic carbocycles. The highest BCUT2D eigenvalue weighted by Crippen LogP contribution is 2.28. The molecule has 1 aromatic rings. The summed E-state index contributed by atoms with van der Waals surface area (Å²) in [6, 6.07) is 3.88. The second kappa shape index (κ2) is 4.80. The number of nitro groups is 1. The van der Waals surface area contributed by atoms with Gasteiger partial charge in [0.2, 0.25) is 0 Å². The van der Waals surface area contributed by atoms with Gasteiger partial charge in [0.15, 0.2) is 0 Å². The van der Waals surface area contributed by atoms with Crippen molar-refractivity contribution in [3.8, 4) is 0 Å². The summed E-state index contributed by atoms with van der Waals surface area (Å²) in [7, 11) is 0. The van der Waals surface area contributed by atoms with E-state index in [4.69, 9.17) is 0 Å². The molecule has 1 fully saturated rings. The van der Waals surface area contributed by atoms with Crippen LogP contribution in [0.25, 0.3) is 0 Å². The summed E-state index contributed by atoms with van der Waals surface area (Å²) < 4.78 is 16.8. The number of nitrogens with one attached hydrogen (secondary N) is 1. The molecule has 86 valence electrons. The maximum atomic E-state index is 13.7. The lowest BCUT2D eigenvalue weighted by Crippen LogP contribution is -2.22. The van der Waals surface area contributed by atoms with E-state index in [1.54, 1.807) is 11.9 Å². The predicted octanol–water partition coefficient (Wildman–Crippen LogP) is 2.46. The van der Waals surface area contributed by atoms with E-state index in [-0.39, 0.29) is 11.6 Å². The Bertz CT molecular complexity index is 408. The summed E-state index contributed by atoms with van der Waals surface area (Å²) in [5.74, 6) is 0.566. The van der Waals surface area contributed by atoms with Crippen LogP contribution in [0, 0.1) is 15.9 Å². The van der Waals surface area contributed by atoms with Crippen LogP contribution in [-0.4, -0.2) is 17.2 Å². The van der Waals surface area contributed by atoms with Crippen molar-refractivity contribution in [3.05, 3.63) is 39.7 Å². The molecule has 16 heavy (non-hydrogen) atoms. The van der Waals surface area contributed by atoms with Gasteiger partial charge in [-0.1, -0.05) is 11.9 Å². The Labute approximate surface area is 96.5 Å². The first kappa shape index (κ1) is 11.3. The van der Waals surface area contributed by atoms with Gasteiger partial charge < -0.3 is 0 Å². The lowest BCUT2D eigenvalue weighted by molar-refractivity contribution is -0.385. The van der Waals surface area contributed by atoms with Gasteiger partial charge in [0.1, 0.15) is 5.82 Å². The standard InChI is InChI=1S/C10H11FN2O2S/c11-10-5-8(13(14)15)1-2-9(10)7-3-4-16-12-6-7/h1-2,5,7,12H,3-4,6H2. The maximum absolute atomic E-state index is 13.7. The topological polar surface area (TPSA) is 55.2 Å². The third kappa shape index (κ3) is 2.33. The lowest BCUT2D eigenvalue weighted by Gasteiger charge is -2.22. The summed E-state index contributed by atoms with van der Waals surface area (Å²) in [5.41, 5.74) is 0.373. The number of hydrogen-bond acceptors (Lipinski definition) is 4. The minimum atomic E-state index is -0.582. The average molecular weight is 242 g/mol. The van der Waals surface area contributed by atoms with Crippen LogP contribution < -0.4 is 4.72 Å². The molecule has 2 rings (SSSR count). The number of nitrogens with zero attached hydrogens (tertiary/aromatic N) is 1. The van der Waals surface area contributed by atoms with E-state index >= 15 is 0 Å². The Kier molecular flexibility index (Phi) is 3.40. The molecule has 0 saturated carbocycles. The van der Waals surface area contributed by atoms with Crippen molar-refractivity contribution < 1.29 is 9.31 Å². The molecule has 4 nitrogen and oxygen atoms in total. The van der Waals surface area contributed by atoms with E-state index in [0.29, 0.717) is 12.1 Å². The fourth-order valence-corrected chi connectivity index (χ4v) is 2.63. The highest BCUT2D eigenvalue weighted by molar-refractivity contribution is 7.97. The van der Waals surface area contributed by atoms with Crippen LogP contribution in [0.3, 0.4) is 0 Å². The van der Waals surface area contributed by atoms with Crippen molar-refractivity contribution in [1.29, 1.82) is 0 Å².